The molecule has 0 heterocycles. The van der Waals surface area contributed by atoms with E-state index >= 15 is 0 Å². The Morgan fingerprint density at radius 2 is 1.45 bits per heavy atom. The number of aliphatic hydroxyl groups excluding tert-OH is 1. The van der Waals surface area contributed by atoms with Crippen LogP contribution >= 0.6 is 0 Å². The van der Waals surface area contributed by atoms with Gasteiger partial charge in [0.15, 0.2) is 0 Å². The first-order valence-corrected chi connectivity index (χ1v) is 7.31. The topological polar surface area (TPSA) is 20.2 Å². The molecular weight excluding hydrogens is 244 g/mol. The molecule has 1 heteroatoms. The lowest BCUT2D eigenvalue weighted by molar-refractivity contribution is 0.224. The summed E-state index contributed by atoms with van der Waals surface area (Å²) in [5.41, 5.74) is 6.63. The van der Waals surface area contributed by atoms with E-state index < -0.39 is 0 Å². The quantitative estimate of drug-likeness (QED) is 0.869. The van der Waals surface area contributed by atoms with Crippen molar-refractivity contribution >= 4 is 0 Å². The van der Waals surface area contributed by atoms with E-state index in [4.69, 9.17) is 0 Å². The molecule has 0 aromatic heterocycles. The Balaban J connectivity index is 2.11. The van der Waals surface area contributed by atoms with Crippen LogP contribution in [-0.2, 0) is 12.8 Å². The van der Waals surface area contributed by atoms with Crippen LogP contribution in [0.15, 0.2) is 42.5 Å². The number of benzene rings is 2. The molecule has 0 fully saturated rings. The normalized spacial score (nSPS) is 12.4. The van der Waals surface area contributed by atoms with Crippen LogP contribution in [0.3, 0.4) is 0 Å². The first kappa shape index (κ1) is 14.8. The number of rotatable bonds is 5. The number of hydrogen-bond acceptors (Lipinski definition) is 1. The van der Waals surface area contributed by atoms with Gasteiger partial charge in [-0.2, -0.15) is 0 Å². The molecule has 0 aliphatic carbocycles. The van der Waals surface area contributed by atoms with Crippen molar-refractivity contribution in [2.45, 2.75) is 33.6 Å². The van der Waals surface area contributed by atoms with Crippen molar-refractivity contribution in [3.63, 3.8) is 0 Å². The SMILES string of the molecule is Cc1ccc(CC(CO)Cc2c(C)cccc2C)cc1. The predicted molar refractivity (Wildman–Crippen MR) is 85.1 cm³/mol. The van der Waals surface area contributed by atoms with Gasteiger partial charge in [0.1, 0.15) is 0 Å². The van der Waals surface area contributed by atoms with Gasteiger partial charge >= 0.3 is 0 Å². The predicted octanol–water partition coefficient (Wildman–Crippen LogP) is 4.01. The molecule has 106 valence electrons. The van der Waals surface area contributed by atoms with Crippen molar-refractivity contribution in [1.29, 1.82) is 0 Å². The van der Waals surface area contributed by atoms with E-state index in [-0.39, 0.29) is 12.5 Å². The van der Waals surface area contributed by atoms with E-state index in [0.29, 0.717) is 0 Å². The lowest BCUT2D eigenvalue weighted by Crippen LogP contribution is -2.14. The molecule has 1 N–H and O–H groups in total. The fraction of sp³-hybridized carbons (Fsp3) is 0.368. The standard InChI is InChI=1S/C19H24O/c1-14-7-9-17(10-8-14)11-18(13-20)12-19-15(2)5-4-6-16(19)3/h4-10,18,20H,11-13H2,1-3H3. The zero-order valence-corrected chi connectivity index (χ0v) is 12.7. The van der Waals surface area contributed by atoms with E-state index in [0.717, 1.165) is 12.8 Å². The third-order valence-electron chi connectivity index (χ3n) is 4.04. The van der Waals surface area contributed by atoms with Gasteiger partial charge in [0, 0.05) is 6.61 Å². The lowest BCUT2D eigenvalue weighted by Gasteiger charge is -2.17. The van der Waals surface area contributed by atoms with Crippen LogP contribution in [0, 0.1) is 26.7 Å². The summed E-state index contributed by atoms with van der Waals surface area (Å²) < 4.78 is 0. The second kappa shape index (κ2) is 6.71. The molecule has 1 unspecified atom stereocenters. The third kappa shape index (κ3) is 3.71. The van der Waals surface area contributed by atoms with Gasteiger partial charge in [0.2, 0.25) is 0 Å². The number of hydrogen-bond donors (Lipinski definition) is 1. The van der Waals surface area contributed by atoms with E-state index in [1.54, 1.807) is 0 Å². The summed E-state index contributed by atoms with van der Waals surface area (Å²) in [6.07, 6.45) is 1.88. The summed E-state index contributed by atoms with van der Waals surface area (Å²) >= 11 is 0. The van der Waals surface area contributed by atoms with E-state index in [2.05, 4.69) is 63.2 Å². The Bertz CT molecular complexity index is 534. The maximum atomic E-state index is 9.69. The molecule has 1 nitrogen and oxygen atoms in total. The fourth-order valence-corrected chi connectivity index (χ4v) is 2.72. The van der Waals surface area contributed by atoms with Gasteiger partial charge in [-0.15, -0.1) is 0 Å². The summed E-state index contributed by atoms with van der Waals surface area (Å²) in [6.45, 7) is 6.65. The zero-order valence-electron chi connectivity index (χ0n) is 12.7. The van der Waals surface area contributed by atoms with Gasteiger partial charge in [0.25, 0.3) is 0 Å². The van der Waals surface area contributed by atoms with Gasteiger partial charge in [-0.3, -0.25) is 0 Å². The van der Waals surface area contributed by atoms with Crippen LogP contribution in [0.2, 0.25) is 0 Å². The molecule has 0 aliphatic heterocycles. The first-order valence-electron chi connectivity index (χ1n) is 7.31. The van der Waals surface area contributed by atoms with Crippen LogP contribution in [0.4, 0.5) is 0 Å². The van der Waals surface area contributed by atoms with Crippen molar-refractivity contribution in [1.82, 2.24) is 0 Å². The number of aryl methyl sites for hydroxylation is 3. The molecule has 0 amide bonds. The van der Waals surface area contributed by atoms with E-state index in [1.165, 1.54) is 27.8 Å². The minimum atomic E-state index is 0.238. The molecule has 1 atom stereocenters. The van der Waals surface area contributed by atoms with Crippen LogP contribution in [0.25, 0.3) is 0 Å². The molecule has 0 saturated heterocycles. The second-order valence-corrected chi connectivity index (χ2v) is 5.81. The maximum Gasteiger partial charge on any atom is 0.0465 e. The van der Waals surface area contributed by atoms with E-state index in [9.17, 15) is 5.11 Å². The maximum absolute atomic E-state index is 9.69. The summed E-state index contributed by atoms with van der Waals surface area (Å²) in [4.78, 5) is 0. The highest BCUT2D eigenvalue weighted by molar-refractivity contribution is 5.34. The highest BCUT2D eigenvalue weighted by Gasteiger charge is 2.12. The van der Waals surface area contributed by atoms with Crippen molar-refractivity contribution in [3.05, 3.63) is 70.3 Å². The van der Waals surface area contributed by atoms with Gasteiger partial charge in [0.05, 0.1) is 0 Å². The summed E-state index contributed by atoms with van der Waals surface area (Å²) in [5.74, 6) is 0.289. The van der Waals surface area contributed by atoms with Crippen LogP contribution in [0.1, 0.15) is 27.8 Å². The molecular formula is C19H24O. The zero-order chi connectivity index (χ0) is 14.5. The summed E-state index contributed by atoms with van der Waals surface area (Å²) in [7, 11) is 0. The van der Waals surface area contributed by atoms with Gasteiger partial charge in [-0.1, -0.05) is 48.0 Å². The molecule has 0 bridgehead atoms. The van der Waals surface area contributed by atoms with Crippen LogP contribution in [-0.4, -0.2) is 11.7 Å². The third-order valence-corrected chi connectivity index (χ3v) is 4.04. The first-order chi connectivity index (χ1) is 9.60. The fourth-order valence-electron chi connectivity index (χ4n) is 2.72. The van der Waals surface area contributed by atoms with Gasteiger partial charge in [-0.25, -0.2) is 0 Å². The van der Waals surface area contributed by atoms with Gasteiger partial charge in [-0.05, 0) is 61.8 Å². The van der Waals surface area contributed by atoms with Crippen LogP contribution in [0.5, 0.6) is 0 Å². The molecule has 0 aliphatic rings. The van der Waals surface area contributed by atoms with Gasteiger partial charge < -0.3 is 5.11 Å². The minimum Gasteiger partial charge on any atom is -0.396 e. The number of aliphatic hydroxyl groups is 1. The van der Waals surface area contributed by atoms with E-state index in [1.807, 2.05) is 0 Å². The molecule has 2 rings (SSSR count). The molecule has 2 aromatic rings. The van der Waals surface area contributed by atoms with Crippen LogP contribution < -0.4 is 0 Å². The average Bonchev–Trinajstić information content (AvgIpc) is 2.44. The minimum absolute atomic E-state index is 0.238. The van der Waals surface area contributed by atoms with Crippen molar-refractivity contribution in [2.75, 3.05) is 6.61 Å². The Morgan fingerprint density at radius 3 is 2.00 bits per heavy atom. The Hall–Kier alpha value is -1.60. The molecule has 2 aromatic carbocycles. The molecule has 0 saturated carbocycles. The highest BCUT2D eigenvalue weighted by atomic mass is 16.3. The smallest absolute Gasteiger partial charge is 0.0465 e. The Kier molecular flexibility index (Phi) is 4.97. The second-order valence-electron chi connectivity index (χ2n) is 5.81. The van der Waals surface area contributed by atoms with Crippen molar-refractivity contribution < 1.29 is 5.11 Å². The summed E-state index contributed by atoms with van der Waals surface area (Å²) in [6, 6.07) is 15.0. The summed E-state index contributed by atoms with van der Waals surface area (Å²) in [5, 5.41) is 9.69. The molecule has 0 spiro atoms. The Labute approximate surface area is 122 Å². The monoisotopic (exact) mass is 268 g/mol. The molecule has 20 heavy (non-hydrogen) atoms. The lowest BCUT2D eigenvalue weighted by atomic mass is 9.89. The Morgan fingerprint density at radius 1 is 0.850 bits per heavy atom. The average molecular weight is 268 g/mol. The van der Waals surface area contributed by atoms with Crippen molar-refractivity contribution in [3.8, 4) is 0 Å². The highest BCUT2D eigenvalue weighted by Crippen LogP contribution is 2.20. The largest absolute Gasteiger partial charge is 0.396 e. The van der Waals surface area contributed by atoms with Crippen molar-refractivity contribution in [2.24, 2.45) is 5.92 Å². The molecule has 0 radical (unpaired) electrons.